The van der Waals surface area contributed by atoms with Gasteiger partial charge in [-0.05, 0) is 81.2 Å². The molecule has 0 aliphatic carbocycles. The highest BCUT2D eigenvalue weighted by molar-refractivity contribution is 5.92. The number of rotatable bonds is 5. The van der Waals surface area contributed by atoms with Crippen LogP contribution in [0.4, 0.5) is 5.69 Å². The lowest BCUT2D eigenvalue weighted by atomic mass is 10.1. The van der Waals surface area contributed by atoms with Crippen LogP contribution < -0.4 is 5.32 Å². The highest BCUT2D eigenvalue weighted by Gasteiger charge is 2.19. The van der Waals surface area contributed by atoms with Gasteiger partial charge in [0.25, 0.3) is 0 Å². The van der Waals surface area contributed by atoms with Gasteiger partial charge in [0.15, 0.2) is 5.58 Å². The van der Waals surface area contributed by atoms with Crippen molar-refractivity contribution in [3.8, 4) is 0 Å². The largest absolute Gasteiger partial charge is 0.439 e. The molecule has 0 saturated carbocycles. The standard InChI is InChI=1S/C24H30N4O2/c1-17-5-8-21-22(13-17)30-24(26-21)16-28-10-4-9-27(11-12-28)15-23(29)25-20-7-6-18(2)19(3)14-20/h5-8,13-14H,4,9-12,15-16H2,1-3H3,(H,25,29). The summed E-state index contributed by atoms with van der Waals surface area (Å²) in [6.07, 6.45) is 1.02. The Kier molecular flexibility index (Phi) is 6.16. The number of aromatic nitrogens is 1. The third-order valence-corrected chi connectivity index (χ3v) is 5.79. The van der Waals surface area contributed by atoms with Crippen molar-refractivity contribution >= 4 is 22.7 Å². The minimum Gasteiger partial charge on any atom is -0.439 e. The summed E-state index contributed by atoms with van der Waals surface area (Å²) in [7, 11) is 0. The van der Waals surface area contributed by atoms with Crippen molar-refractivity contribution in [2.24, 2.45) is 0 Å². The Morgan fingerprint density at radius 2 is 1.80 bits per heavy atom. The number of aryl methyl sites for hydroxylation is 3. The van der Waals surface area contributed by atoms with E-state index in [9.17, 15) is 4.79 Å². The second kappa shape index (κ2) is 8.98. The Labute approximate surface area is 177 Å². The minimum atomic E-state index is 0.0426. The van der Waals surface area contributed by atoms with Gasteiger partial charge in [0.1, 0.15) is 5.52 Å². The minimum absolute atomic E-state index is 0.0426. The highest BCUT2D eigenvalue weighted by atomic mass is 16.3. The molecule has 0 atom stereocenters. The predicted molar refractivity (Wildman–Crippen MR) is 120 cm³/mol. The summed E-state index contributed by atoms with van der Waals surface area (Å²) < 4.78 is 5.94. The van der Waals surface area contributed by atoms with E-state index in [0.29, 0.717) is 13.1 Å². The topological polar surface area (TPSA) is 61.6 Å². The number of nitrogens with zero attached hydrogens (tertiary/aromatic N) is 3. The van der Waals surface area contributed by atoms with Crippen molar-refractivity contribution in [2.45, 2.75) is 33.7 Å². The molecule has 1 aliphatic heterocycles. The molecule has 4 rings (SSSR count). The maximum Gasteiger partial charge on any atom is 0.238 e. The van der Waals surface area contributed by atoms with E-state index in [1.807, 2.05) is 30.3 Å². The van der Waals surface area contributed by atoms with Gasteiger partial charge in [-0.15, -0.1) is 0 Å². The second-order valence-electron chi connectivity index (χ2n) is 8.33. The van der Waals surface area contributed by atoms with Crippen LogP contribution in [0.25, 0.3) is 11.1 Å². The van der Waals surface area contributed by atoms with Crippen LogP contribution in [0.3, 0.4) is 0 Å². The zero-order chi connectivity index (χ0) is 21.1. The van der Waals surface area contributed by atoms with Gasteiger partial charge in [0.05, 0.1) is 13.1 Å². The molecule has 6 heteroatoms. The lowest BCUT2D eigenvalue weighted by molar-refractivity contribution is -0.117. The van der Waals surface area contributed by atoms with Crippen molar-refractivity contribution in [1.29, 1.82) is 0 Å². The number of carbonyl (C=O) groups is 1. The number of carbonyl (C=O) groups excluding carboxylic acids is 1. The Morgan fingerprint density at radius 1 is 1.00 bits per heavy atom. The molecule has 0 radical (unpaired) electrons. The Hall–Kier alpha value is -2.70. The molecule has 1 amide bonds. The molecule has 3 aromatic rings. The molecular formula is C24H30N4O2. The highest BCUT2D eigenvalue weighted by Crippen LogP contribution is 2.19. The number of anilines is 1. The number of hydrogen-bond donors (Lipinski definition) is 1. The van der Waals surface area contributed by atoms with E-state index in [2.05, 4.69) is 46.9 Å². The van der Waals surface area contributed by atoms with Crippen LogP contribution in [0, 0.1) is 20.8 Å². The van der Waals surface area contributed by atoms with E-state index in [1.54, 1.807) is 0 Å². The molecule has 2 aromatic carbocycles. The summed E-state index contributed by atoms with van der Waals surface area (Å²) in [6.45, 7) is 11.0. The van der Waals surface area contributed by atoms with Crippen molar-refractivity contribution in [2.75, 3.05) is 38.0 Å². The predicted octanol–water partition coefficient (Wildman–Crippen LogP) is 3.90. The van der Waals surface area contributed by atoms with Crippen LogP contribution in [-0.4, -0.2) is 53.4 Å². The van der Waals surface area contributed by atoms with Crippen molar-refractivity contribution in [3.63, 3.8) is 0 Å². The van der Waals surface area contributed by atoms with E-state index >= 15 is 0 Å². The van der Waals surface area contributed by atoms with Gasteiger partial charge >= 0.3 is 0 Å². The molecular weight excluding hydrogens is 376 g/mol. The first-order valence-electron chi connectivity index (χ1n) is 10.6. The van der Waals surface area contributed by atoms with Crippen molar-refractivity contribution < 1.29 is 9.21 Å². The van der Waals surface area contributed by atoms with Crippen molar-refractivity contribution in [1.82, 2.24) is 14.8 Å². The van der Waals surface area contributed by atoms with Crippen LogP contribution >= 0.6 is 0 Å². The van der Waals surface area contributed by atoms with Gasteiger partial charge in [-0.3, -0.25) is 14.6 Å². The lowest BCUT2D eigenvalue weighted by Gasteiger charge is -2.20. The fourth-order valence-electron chi connectivity index (χ4n) is 3.90. The summed E-state index contributed by atoms with van der Waals surface area (Å²) in [5.41, 5.74) is 6.22. The molecule has 2 heterocycles. The zero-order valence-electron chi connectivity index (χ0n) is 18.1. The van der Waals surface area contributed by atoms with Crippen LogP contribution in [0.15, 0.2) is 40.8 Å². The molecule has 158 valence electrons. The van der Waals surface area contributed by atoms with Gasteiger partial charge in [-0.2, -0.15) is 0 Å². The zero-order valence-corrected chi connectivity index (χ0v) is 18.1. The molecule has 0 bridgehead atoms. The van der Waals surface area contributed by atoms with Gasteiger partial charge in [0.2, 0.25) is 11.8 Å². The maximum absolute atomic E-state index is 12.5. The summed E-state index contributed by atoms with van der Waals surface area (Å²) in [5.74, 6) is 0.803. The van der Waals surface area contributed by atoms with Crippen LogP contribution in [0.2, 0.25) is 0 Å². The average molecular weight is 407 g/mol. The second-order valence-corrected chi connectivity index (χ2v) is 8.33. The summed E-state index contributed by atoms with van der Waals surface area (Å²) >= 11 is 0. The average Bonchev–Trinajstić information content (AvgIpc) is 2.96. The maximum atomic E-state index is 12.5. The molecule has 30 heavy (non-hydrogen) atoms. The van der Waals surface area contributed by atoms with Gasteiger partial charge in [-0.1, -0.05) is 12.1 Å². The molecule has 6 nitrogen and oxygen atoms in total. The fourth-order valence-corrected chi connectivity index (χ4v) is 3.90. The summed E-state index contributed by atoms with van der Waals surface area (Å²) in [6, 6.07) is 12.1. The SMILES string of the molecule is Cc1ccc2nc(CN3CCCN(CC(=O)Nc4ccc(C)c(C)c4)CC3)oc2c1. The van der Waals surface area contributed by atoms with Gasteiger partial charge < -0.3 is 9.73 Å². The molecule has 1 aromatic heterocycles. The van der Waals surface area contributed by atoms with E-state index in [4.69, 9.17) is 4.42 Å². The smallest absolute Gasteiger partial charge is 0.238 e. The van der Waals surface area contributed by atoms with E-state index in [0.717, 1.165) is 55.3 Å². The van der Waals surface area contributed by atoms with Crippen LogP contribution in [0.1, 0.15) is 29.0 Å². The number of nitrogens with one attached hydrogen (secondary N) is 1. The monoisotopic (exact) mass is 406 g/mol. The lowest BCUT2D eigenvalue weighted by Crippen LogP contribution is -2.36. The molecule has 1 N–H and O–H groups in total. The van der Waals surface area contributed by atoms with Gasteiger partial charge in [0, 0.05) is 18.8 Å². The third-order valence-electron chi connectivity index (χ3n) is 5.79. The molecule has 0 spiro atoms. The Morgan fingerprint density at radius 3 is 2.63 bits per heavy atom. The quantitative estimate of drug-likeness (QED) is 0.696. The summed E-state index contributed by atoms with van der Waals surface area (Å²) in [4.78, 5) is 21.7. The first-order chi connectivity index (χ1) is 14.5. The number of hydrogen-bond acceptors (Lipinski definition) is 5. The molecule has 1 saturated heterocycles. The normalized spacial score (nSPS) is 16.0. The first kappa shape index (κ1) is 20.6. The Balaban J connectivity index is 1.29. The van der Waals surface area contributed by atoms with E-state index in [-0.39, 0.29) is 5.91 Å². The first-order valence-corrected chi connectivity index (χ1v) is 10.6. The number of amides is 1. The van der Waals surface area contributed by atoms with Crippen LogP contribution in [0.5, 0.6) is 0 Å². The fraction of sp³-hybridized carbons (Fsp3) is 0.417. The molecule has 1 aliphatic rings. The summed E-state index contributed by atoms with van der Waals surface area (Å²) in [5, 5.41) is 3.03. The number of oxazole rings is 1. The van der Waals surface area contributed by atoms with Gasteiger partial charge in [-0.25, -0.2) is 4.98 Å². The van der Waals surface area contributed by atoms with E-state index < -0.39 is 0 Å². The third kappa shape index (κ3) is 5.07. The van der Waals surface area contributed by atoms with E-state index in [1.165, 1.54) is 16.7 Å². The number of benzene rings is 2. The molecule has 1 fully saturated rings. The van der Waals surface area contributed by atoms with Crippen molar-refractivity contribution in [3.05, 3.63) is 59.0 Å². The Bertz CT molecular complexity index is 1040. The molecule has 0 unspecified atom stereocenters. The van der Waals surface area contributed by atoms with Crippen LogP contribution in [-0.2, 0) is 11.3 Å². The number of fused-ring (bicyclic) bond motifs is 1.